The highest BCUT2D eigenvalue weighted by Gasteiger charge is 2.16. The number of benzene rings is 1. The zero-order valence-electron chi connectivity index (χ0n) is 12.3. The number of halogens is 1. The molecule has 0 saturated carbocycles. The molecule has 0 fully saturated rings. The molecule has 2 rings (SSSR count). The lowest BCUT2D eigenvalue weighted by molar-refractivity contribution is 0.0951. The fraction of sp³-hybridized carbons (Fsp3) is 0.267. The van der Waals surface area contributed by atoms with Gasteiger partial charge in [-0.2, -0.15) is 5.10 Å². The largest absolute Gasteiger partial charge is 0.290 e. The molecule has 1 aromatic heterocycles. The van der Waals surface area contributed by atoms with E-state index in [0.29, 0.717) is 17.8 Å². The van der Waals surface area contributed by atoms with Gasteiger partial charge in [-0.15, -0.1) is 0 Å². The Hall–Kier alpha value is -2.54. The molecule has 1 amide bonds. The molecule has 1 aromatic carbocycles. The highest BCUT2D eigenvalue weighted by molar-refractivity contribution is 5.94. The first-order valence-corrected chi connectivity index (χ1v) is 6.81. The van der Waals surface area contributed by atoms with Crippen molar-refractivity contribution in [3.8, 4) is 11.3 Å². The topological polar surface area (TPSA) is 90.0 Å². The summed E-state index contributed by atoms with van der Waals surface area (Å²) in [7, 11) is 0. The third-order valence-electron chi connectivity index (χ3n) is 3.03. The van der Waals surface area contributed by atoms with E-state index in [-0.39, 0.29) is 17.3 Å². The molecule has 0 unspecified atom stereocenters. The monoisotopic (exact) mass is 304 g/mol. The molecule has 0 aliphatic heterocycles. The second-order valence-corrected chi connectivity index (χ2v) is 5.30. The molecule has 0 bridgehead atoms. The van der Waals surface area contributed by atoms with E-state index in [1.165, 1.54) is 35.0 Å². The van der Waals surface area contributed by atoms with Gasteiger partial charge in [0.1, 0.15) is 11.4 Å². The lowest BCUT2D eigenvalue weighted by Crippen LogP contribution is -2.38. The predicted molar refractivity (Wildman–Crippen MR) is 80.4 cm³/mol. The molecule has 0 spiro atoms. The molecule has 116 valence electrons. The summed E-state index contributed by atoms with van der Waals surface area (Å²) < 4.78 is 14.3. The van der Waals surface area contributed by atoms with Gasteiger partial charge >= 0.3 is 0 Å². The number of hydrogen-bond donors (Lipinski definition) is 2. The third kappa shape index (κ3) is 3.37. The highest BCUT2D eigenvalue weighted by Crippen LogP contribution is 2.17. The molecule has 7 heteroatoms. The van der Waals surface area contributed by atoms with Crippen molar-refractivity contribution < 1.29 is 9.18 Å². The Bertz CT molecular complexity index is 738. The summed E-state index contributed by atoms with van der Waals surface area (Å²) in [5, 5.41) is 4.25. The van der Waals surface area contributed by atoms with Gasteiger partial charge in [0.05, 0.1) is 5.69 Å². The predicted octanol–water partition coefficient (Wildman–Crippen LogP) is 1.31. The van der Waals surface area contributed by atoms with Crippen molar-refractivity contribution in [3.05, 3.63) is 52.1 Å². The number of rotatable bonds is 4. The molecule has 0 saturated heterocycles. The van der Waals surface area contributed by atoms with Crippen LogP contribution in [-0.2, 0) is 6.54 Å². The summed E-state index contributed by atoms with van der Waals surface area (Å²) in [6.07, 6.45) is 0. The maximum Gasteiger partial charge on any atom is 0.279 e. The van der Waals surface area contributed by atoms with Crippen LogP contribution >= 0.6 is 0 Å². The Balaban J connectivity index is 2.61. The third-order valence-corrected chi connectivity index (χ3v) is 3.03. The maximum absolute atomic E-state index is 13.0. The number of amides is 1. The number of nitrogens with two attached hydrogens (primary N) is 1. The zero-order chi connectivity index (χ0) is 16.3. The average Bonchev–Trinajstić information content (AvgIpc) is 2.49. The molecule has 3 N–H and O–H groups in total. The number of aromatic nitrogens is 2. The molecule has 0 radical (unpaired) electrons. The van der Waals surface area contributed by atoms with E-state index in [9.17, 15) is 14.0 Å². The zero-order valence-corrected chi connectivity index (χ0v) is 12.3. The van der Waals surface area contributed by atoms with E-state index in [1.54, 1.807) is 0 Å². The summed E-state index contributed by atoms with van der Waals surface area (Å²) in [5.41, 5.74) is 2.34. The highest BCUT2D eigenvalue weighted by atomic mass is 19.1. The summed E-state index contributed by atoms with van der Waals surface area (Å²) in [4.78, 5) is 24.0. The smallest absolute Gasteiger partial charge is 0.279 e. The van der Waals surface area contributed by atoms with Gasteiger partial charge in [-0.25, -0.2) is 14.9 Å². The number of hydrazine groups is 1. The van der Waals surface area contributed by atoms with Crippen LogP contribution in [0.2, 0.25) is 0 Å². The molecule has 2 aromatic rings. The fourth-order valence-electron chi connectivity index (χ4n) is 2.01. The van der Waals surface area contributed by atoms with Gasteiger partial charge in [0.25, 0.3) is 11.5 Å². The lowest BCUT2D eigenvalue weighted by Gasteiger charge is -2.12. The van der Waals surface area contributed by atoms with Gasteiger partial charge in [0, 0.05) is 12.1 Å². The van der Waals surface area contributed by atoms with Crippen LogP contribution < -0.4 is 16.8 Å². The SMILES string of the molecule is CC(C)Cn1nc(-c2ccc(F)cc2)cc(C(=O)NN)c1=O. The standard InChI is InChI=1S/C15H17FN4O2/c1-9(2)8-20-15(22)12(14(21)18-17)7-13(19-20)10-3-5-11(16)6-4-10/h3-7,9H,8,17H2,1-2H3,(H,18,21). The molecular formula is C15H17FN4O2. The van der Waals surface area contributed by atoms with E-state index >= 15 is 0 Å². The summed E-state index contributed by atoms with van der Waals surface area (Å²) in [6.45, 7) is 4.22. The molecular weight excluding hydrogens is 287 g/mol. The van der Waals surface area contributed by atoms with Crippen LogP contribution in [0.4, 0.5) is 4.39 Å². The Morgan fingerprint density at radius 1 is 1.36 bits per heavy atom. The maximum atomic E-state index is 13.0. The van der Waals surface area contributed by atoms with Crippen LogP contribution in [0.5, 0.6) is 0 Å². The van der Waals surface area contributed by atoms with Crippen molar-refractivity contribution in [2.75, 3.05) is 0 Å². The molecule has 0 atom stereocenters. The molecule has 1 heterocycles. The molecule has 0 aliphatic carbocycles. The van der Waals surface area contributed by atoms with Gasteiger partial charge in [-0.05, 0) is 36.2 Å². The number of carbonyl (C=O) groups excluding carboxylic acids is 1. The second-order valence-electron chi connectivity index (χ2n) is 5.30. The second kappa shape index (κ2) is 6.48. The van der Waals surface area contributed by atoms with E-state index < -0.39 is 11.5 Å². The normalized spacial score (nSPS) is 10.8. The average molecular weight is 304 g/mol. The lowest BCUT2D eigenvalue weighted by atomic mass is 10.1. The Kier molecular flexibility index (Phi) is 4.67. The van der Waals surface area contributed by atoms with Crippen LogP contribution in [0.3, 0.4) is 0 Å². The minimum Gasteiger partial charge on any atom is -0.290 e. The first-order chi connectivity index (χ1) is 10.4. The van der Waals surface area contributed by atoms with Crippen molar-refractivity contribution >= 4 is 5.91 Å². The number of nitrogens with one attached hydrogen (secondary N) is 1. The number of nitrogen functional groups attached to an aromatic ring is 1. The van der Waals surface area contributed by atoms with Crippen LogP contribution in [0, 0.1) is 11.7 Å². The first kappa shape index (κ1) is 15.8. The molecule has 6 nitrogen and oxygen atoms in total. The van der Waals surface area contributed by atoms with Gasteiger partial charge < -0.3 is 0 Å². The molecule has 0 aliphatic rings. The quantitative estimate of drug-likeness (QED) is 0.506. The van der Waals surface area contributed by atoms with Crippen molar-refractivity contribution in [2.24, 2.45) is 11.8 Å². The van der Waals surface area contributed by atoms with E-state index in [2.05, 4.69) is 5.10 Å². The van der Waals surface area contributed by atoms with Gasteiger partial charge in [-0.1, -0.05) is 13.8 Å². The van der Waals surface area contributed by atoms with Gasteiger partial charge in [0.15, 0.2) is 0 Å². The van der Waals surface area contributed by atoms with Crippen molar-refractivity contribution in [1.82, 2.24) is 15.2 Å². The van der Waals surface area contributed by atoms with E-state index in [4.69, 9.17) is 5.84 Å². The fourth-order valence-corrected chi connectivity index (χ4v) is 2.01. The number of hydrogen-bond acceptors (Lipinski definition) is 4. The van der Waals surface area contributed by atoms with Crippen molar-refractivity contribution in [1.29, 1.82) is 0 Å². The number of carbonyl (C=O) groups is 1. The van der Waals surface area contributed by atoms with Gasteiger partial charge in [-0.3, -0.25) is 15.0 Å². The first-order valence-electron chi connectivity index (χ1n) is 6.81. The van der Waals surface area contributed by atoms with E-state index in [0.717, 1.165) is 0 Å². The van der Waals surface area contributed by atoms with Crippen LogP contribution in [-0.4, -0.2) is 15.7 Å². The Labute approximate surface area is 126 Å². The van der Waals surface area contributed by atoms with Crippen molar-refractivity contribution in [3.63, 3.8) is 0 Å². The summed E-state index contributed by atoms with van der Waals surface area (Å²) in [6, 6.07) is 7.00. The van der Waals surface area contributed by atoms with Crippen LogP contribution in [0.15, 0.2) is 35.1 Å². The minimum atomic E-state index is -0.687. The summed E-state index contributed by atoms with van der Waals surface area (Å²) in [5.74, 6) is 4.22. The minimum absolute atomic E-state index is 0.0996. The number of nitrogens with zero attached hydrogens (tertiary/aromatic N) is 2. The van der Waals surface area contributed by atoms with Crippen LogP contribution in [0.1, 0.15) is 24.2 Å². The van der Waals surface area contributed by atoms with Crippen LogP contribution in [0.25, 0.3) is 11.3 Å². The molecule has 22 heavy (non-hydrogen) atoms. The van der Waals surface area contributed by atoms with Crippen molar-refractivity contribution in [2.45, 2.75) is 20.4 Å². The van der Waals surface area contributed by atoms with E-state index in [1.807, 2.05) is 19.3 Å². The Morgan fingerprint density at radius 3 is 2.55 bits per heavy atom. The summed E-state index contributed by atoms with van der Waals surface area (Å²) >= 11 is 0. The Morgan fingerprint density at radius 2 is 2.00 bits per heavy atom. The van der Waals surface area contributed by atoms with Gasteiger partial charge in [0.2, 0.25) is 0 Å².